The van der Waals surface area contributed by atoms with Crippen molar-refractivity contribution >= 4 is 5.91 Å². The second-order valence-electron chi connectivity index (χ2n) is 3.38. The monoisotopic (exact) mass is 180 g/mol. The standard InChI is InChI=1S/C10H16N2O/c1-4-10(13)11-9-5-6-12(7-9)8(2)3/h4,9H,1-2,5-7H2,3H3,(H,11,13). The van der Waals surface area contributed by atoms with Crippen LogP contribution in [0.15, 0.2) is 24.9 Å². The second kappa shape index (κ2) is 4.12. The summed E-state index contributed by atoms with van der Waals surface area (Å²) < 4.78 is 0. The van der Waals surface area contributed by atoms with Crippen LogP contribution in [-0.2, 0) is 4.79 Å². The van der Waals surface area contributed by atoms with E-state index in [0.29, 0.717) is 0 Å². The first-order valence-corrected chi connectivity index (χ1v) is 4.47. The van der Waals surface area contributed by atoms with Gasteiger partial charge in [0, 0.05) is 24.8 Å². The van der Waals surface area contributed by atoms with Gasteiger partial charge >= 0.3 is 0 Å². The van der Waals surface area contributed by atoms with E-state index in [2.05, 4.69) is 23.4 Å². The Kier molecular flexibility index (Phi) is 3.12. The maximum Gasteiger partial charge on any atom is 0.243 e. The molecular formula is C10H16N2O. The Morgan fingerprint density at radius 3 is 2.85 bits per heavy atom. The van der Waals surface area contributed by atoms with E-state index in [9.17, 15) is 4.79 Å². The molecule has 13 heavy (non-hydrogen) atoms. The fourth-order valence-corrected chi connectivity index (χ4v) is 1.48. The summed E-state index contributed by atoms with van der Waals surface area (Å²) in [7, 11) is 0. The van der Waals surface area contributed by atoms with Gasteiger partial charge in [0.05, 0.1) is 0 Å². The number of carbonyl (C=O) groups excluding carboxylic acids is 1. The highest BCUT2D eigenvalue weighted by Gasteiger charge is 2.22. The van der Waals surface area contributed by atoms with Gasteiger partial charge in [-0.3, -0.25) is 4.79 Å². The predicted octanol–water partition coefficient (Wildman–Crippen LogP) is 0.897. The molecule has 0 radical (unpaired) electrons. The van der Waals surface area contributed by atoms with Crippen molar-refractivity contribution in [2.45, 2.75) is 19.4 Å². The van der Waals surface area contributed by atoms with Gasteiger partial charge < -0.3 is 10.2 Å². The van der Waals surface area contributed by atoms with Gasteiger partial charge in [0.2, 0.25) is 5.91 Å². The molecule has 0 aromatic rings. The van der Waals surface area contributed by atoms with Crippen LogP contribution in [0.2, 0.25) is 0 Å². The third-order valence-electron chi connectivity index (χ3n) is 2.26. The largest absolute Gasteiger partial charge is 0.373 e. The number of carbonyl (C=O) groups is 1. The molecule has 3 heteroatoms. The quantitative estimate of drug-likeness (QED) is 0.654. The molecule has 72 valence electrons. The topological polar surface area (TPSA) is 32.3 Å². The highest BCUT2D eigenvalue weighted by Crippen LogP contribution is 2.13. The van der Waals surface area contributed by atoms with Gasteiger partial charge in [-0.25, -0.2) is 0 Å². The van der Waals surface area contributed by atoms with Crippen LogP contribution < -0.4 is 5.32 Å². The molecule has 1 aliphatic heterocycles. The van der Waals surface area contributed by atoms with Crippen LogP contribution in [0.5, 0.6) is 0 Å². The first kappa shape index (κ1) is 9.84. The van der Waals surface area contributed by atoms with Crippen molar-refractivity contribution in [3.05, 3.63) is 24.9 Å². The van der Waals surface area contributed by atoms with Crippen molar-refractivity contribution in [3.63, 3.8) is 0 Å². The fourth-order valence-electron chi connectivity index (χ4n) is 1.48. The minimum Gasteiger partial charge on any atom is -0.373 e. The molecule has 1 unspecified atom stereocenters. The normalized spacial score (nSPS) is 21.3. The van der Waals surface area contributed by atoms with Gasteiger partial charge in [0.15, 0.2) is 0 Å². The van der Waals surface area contributed by atoms with Crippen LogP contribution in [0.25, 0.3) is 0 Å². The van der Waals surface area contributed by atoms with E-state index in [1.807, 2.05) is 6.92 Å². The first-order valence-electron chi connectivity index (χ1n) is 4.47. The van der Waals surface area contributed by atoms with Gasteiger partial charge in [-0.1, -0.05) is 13.2 Å². The van der Waals surface area contributed by atoms with E-state index >= 15 is 0 Å². The summed E-state index contributed by atoms with van der Waals surface area (Å²) in [5.74, 6) is -0.0893. The van der Waals surface area contributed by atoms with Crippen LogP contribution >= 0.6 is 0 Å². The SMILES string of the molecule is C=CC(=O)NC1CCN(C(=C)C)C1. The lowest BCUT2D eigenvalue weighted by molar-refractivity contribution is -0.117. The molecule has 0 bridgehead atoms. The predicted molar refractivity (Wildman–Crippen MR) is 53.1 cm³/mol. The molecule has 1 rings (SSSR count). The van der Waals surface area contributed by atoms with Gasteiger partial charge in [-0.15, -0.1) is 0 Å². The number of amides is 1. The number of rotatable bonds is 3. The molecule has 0 aromatic carbocycles. The van der Waals surface area contributed by atoms with Crippen LogP contribution in [0, 0.1) is 0 Å². The fraction of sp³-hybridized carbons (Fsp3) is 0.500. The van der Waals surface area contributed by atoms with Crippen LogP contribution in [-0.4, -0.2) is 29.9 Å². The van der Waals surface area contributed by atoms with Crippen molar-refractivity contribution in [3.8, 4) is 0 Å². The zero-order valence-electron chi connectivity index (χ0n) is 8.05. The molecular weight excluding hydrogens is 164 g/mol. The lowest BCUT2D eigenvalue weighted by Gasteiger charge is -2.17. The number of likely N-dealkylation sites (tertiary alicyclic amines) is 1. The summed E-state index contributed by atoms with van der Waals surface area (Å²) >= 11 is 0. The molecule has 3 nitrogen and oxygen atoms in total. The number of hydrogen-bond donors (Lipinski definition) is 1. The van der Waals surface area contributed by atoms with Gasteiger partial charge in [0.1, 0.15) is 0 Å². The summed E-state index contributed by atoms with van der Waals surface area (Å²) in [5, 5.41) is 2.87. The summed E-state index contributed by atoms with van der Waals surface area (Å²) in [6.45, 7) is 11.1. The molecule has 1 fully saturated rings. The van der Waals surface area contributed by atoms with Crippen molar-refractivity contribution in [2.24, 2.45) is 0 Å². The number of nitrogens with zero attached hydrogens (tertiary/aromatic N) is 1. The third kappa shape index (κ3) is 2.61. The second-order valence-corrected chi connectivity index (χ2v) is 3.38. The minimum absolute atomic E-state index is 0.0893. The lowest BCUT2D eigenvalue weighted by atomic mass is 10.2. The van der Waals surface area contributed by atoms with Gasteiger partial charge in [-0.05, 0) is 19.4 Å². The maximum atomic E-state index is 11.0. The zero-order chi connectivity index (χ0) is 9.84. The Morgan fingerprint density at radius 2 is 2.38 bits per heavy atom. The van der Waals surface area contributed by atoms with E-state index < -0.39 is 0 Å². The molecule has 0 saturated carbocycles. The Balaban J connectivity index is 2.37. The van der Waals surface area contributed by atoms with Crippen molar-refractivity contribution < 1.29 is 4.79 Å². The Hall–Kier alpha value is -1.25. The molecule has 1 heterocycles. The minimum atomic E-state index is -0.0893. The molecule has 1 aliphatic rings. The van der Waals surface area contributed by atoms with Crippen molar-refractivity contribution in [1.29, 1.82) is 0 Å². The zero-order valence-corrected chi connectivity index (χ0v) is 8.05. The molecule has 0 aliphatic carbocycles. The summed E-state index contributed by atoms with van der Waals surface area (Å²) in [6, 6.07) is 0.252. The van der Waals surface area contributed by atoms with E-state index in [1.165, 1.54) is 6.08 Å². The molecule has 0 spiro atoms. The highest BCUT2D eigenvalue weighted by atomic mass is 16.1. The third-order valence-corrected chi connectivity index (χ3v) is 2.26. The summed E-state index contributed by atoms with van der Waals surface area (Å²) in [6.07, 6.45) is 2.30. The molecule has 1 saturated heterocycles. The Bertz CT molecular complexity index is 235. The molecule has 0 aromatic heterocycles. The average Bonchev–Trinajstić information content (AvgIpc) is 2.52. The van der Waals surface area contributed by atoms with E-state index in [-0.39, 0.29) is 11.9 Å². The Labute approximate surface area is 79.1 Å². The average molecular weight is 180 g/mol. The Morgan fingerprint density at radius 1 is 1.69 bits per heavy atom. The van der Waals surface area contributed by atoms with Crippen LogP contribution in [0.4, 0.5) is 0 Å². The summed E-state index contributed by atoms with van der Waals surface area (Å²) in [5.41, 5.74) is 1.07. The van der Waals surface area contributed by atoms with Crippen molar-refractivity contribution in [2.75, 3.05) is 13.1 Å². The van der Waals surface area contributed by atoms with E-state index in [0.717, 1.165) is 25.2 Å². The maximum absolute atomic E-state index is 11.0. The molecule has 1 N–H and O–H groups in total. The highest BCUT2D eigenvalue weighted by molar-refractivity contribution is 5.87. The van der Waals surface area contributed by atoms with Crippen LogP contribution in [0.3, 0.4) is 0 Å². The van der Waals surface area contributed by atoms with Gasteiger partial charge in [-0.2, -0.15) is 0 Å². The number of hydrogen-bond acceptors (Lipinski definition) is 2. The number of allylic oxidation sites excluding steroid dienone is 1. The molecule has 1 amide bonds. The van der Waals surface area contributed by atoms with Crippen molar-refractivity contribution in [1.82, 2.24) is 10.2 Å². The summed E-state index contributed by atoms with van der Waals surface area (Å²) in [4.78, 5) is 13.1. The van der Waals surface area contributed by atoms with Crippen LogP contribution in [0.1, 0.15) is 13.3 Å². The lowest BCUT2D eigenvalue weighted by Crippen LogP contribution is -2.35. The van der Waals surface area contributed by atoms with E-state index in [4.69, 9.17) is 0 Å². The van der Waals surface area contributed by atoms with Gasteiger partial charge in [0.25, 0.3) is 0 Å². The smallest absolute Gasteiger partial charge is 0.243 e. The first-order chi connectivity index (χ1) is 6.13. The van der Waals surface area contributed by atoms with E-state index in [1.54, 1.807) is 0 Å². The number of nitrogens with one attached hydrogen (secondary N) is 1. The molecule has 1 atom stereocenters.